The van der Waals surface area contributed by atoms with Crippen LogP contribution < -0.4 is 0 Å². The van der Waals surface area contributed by atoms with E-state index in [0.29, 0.717) is 29.6 Å². The summed E-state index contributed by atoms with van der Waals surface area (Å²) in [4.78, 5) is 0. The Labute approximate surface area is 196 Å². The molecule has 3 rings (SSSR count). The molecule has 0 aromatic heterocycles. The van der Waals surface area contributed by atoms with Crippen LogP contribution in [0.25, 0.3) is 0 Å². The standard InChI is InChI=1S/C29H48O3/c1-18(14-16-28(5,6)32)19(2)24-12-13-25-22(9-8-15-29(24,25)7)10-11-23-17-26(30)21(4)27(31)20(23)3/h10-11,18-19,21,24-27,30-32H,3,8-9,12-17H2,1-2,4-7H3/b22-10+,23-11-/t18-,19+,21-,24?,25?,26-,27-,29-/m1/s1. The summed E-state index contributed by atoms with van der Waals surface area (Å²) in [6.07, 6.45) is 12.1. The molecule has 3 aliphatic rings. The molecule has 182 valence electrons. The first-order chi connectivity index (χ1) is 14.8. The maximum Gasteiger partial charge on any atom is 0.0837 e. The highest BCUT2D eigenvalue weighted by Gasteiger charge is 2.51. The molecule has 0 saturated heterocycles. The third-order valence-corrected chi connectivity index (χ3v) is 9.58. The second-order valence-electron chi connectivity index (χ2n) is 12.3. The van der Waals surface area contributed by atoms with E-state index in [4.69, 9.17) is 0 Å². The molecule has 3 heteroatoms. The van der Waals surface area contributed by atoms with E-state index < -0.39 is 17.8 Å². The van der Waals surface area contributed by atoms with Crippen LogP contribution in [0.5, 0.6) is 0 Å². The van der Waals surface area contributed by atoms with Gasteiger partial charge < -0.3 is 15.3 Å². The summed E-state index contributed by atoms with van der Waals surface area (Å²) in [6.45, 7) is 17.2. The van der Waals surface area contributed by atoms with Gasteiger partial charge >= 0.3 is 0 Å². The molecule has 3 fully saturated rings. The van der Waals surface area contributed by atoms with E-state index in [9.17, 15) is 15.3 Å². The minimum atomic E-state index is -0.651. The van der Waals surface area contributed by atoms with E-state index in [1.165, 1.54) is 25.7 Å². The summed E-state index contributed by atoms with van der Waals surface area (Å²) in [5.41, 5.74) is 3.11. The van der Waals surface area contributed by atoms with Crippen LogP contribution in [0.15, 0.2) is 35.5 Å². The lowest BCUT2D eigenvalue weighted by Gasteiger charge is -2.45. The van der Waals surface area contributed by atoms with Crippen molar-refractivity contribution in [2.45, 2.75) is 111 Å². The van der Waals surface area contributed by atoms with Crippen molar-refractivity contribution in [1.82, 2.24) is 0 Å². The van der Waals surface area contributed by atoms with Crippen molar-refractivity contribution in [1.29, 1.82) is 0 Å². The highest BCUT2D eigenvalue weighted by Crippen LogP contribution is 2.60. The minimum Gasteiger partial charge on any atom is -0.392 e. The van der Waals surface area contributed by atoms with Crippen LogP contribution in [-0.2, 0) is 0 Å². The molecule has 0 spiro atoms. The Hall–Kier alpha value is -0.900. The highest BCUT2D eigenvalue weighted by atomic mass is 16.3. The quantitative estimate of drug-likeness (QED) is 0.457. The Balaban J connectivity index is 1.75. The molecule has 0 radical (unpaired) electrons. The first kappa shape index (κ1) is 25.7. The molecule has 0 bridgehead atoms. The smallest absolute Gasteiger partial charge is 0.0837 e. The van der Waals surface area contributed by atoms with Crippen LogP contribution in [0.2, 0.25) is 0 Å². The topological polar surface area (TPSA) is 60.7 Å². The van der Waals surface area contributed by atoms with Gasteiger partial charge in [-0.15, -0.1) is 0 Å². The monoisotopic (exact) mass is 444 g/mol. The summed E-state index contributed by atoms with van der Waals surface area (Å²) in [7, 11) is 0. The predicted molar refractivity (Wildman–Crippen MR) is 133 cm³/mol. The molecule has 0 aliphatic heterocycles. The number of hydrogen-bond acceptors (Lipinski definition) is 3. The Bertz CT molecular complexity index is 742. The molecular formula is C29H48O3. The van der Waals surface area contributed by atoms with Gasteiger partial charge in [0.05, 0.1) is 17.8 Å². The molecule has 0 heterocycles. The van der Waals surface area contributed by atoms with Gasteiger partial charge in [-0.2, -0.15) is 0 Å². The molecule has 0 aromatic carbocycles. The van der Waals surface area contributed by atoms with Crippen molar-refractivity contribution in [2.24, 2.45) is 35.0 Å². The van der Waals surface area contributed by atoms with Crippen molar-refractivity contribution in [3.63, 3.8) is 0 Å². The fourth-order valence-corrected chi connectivity index (χ4v) is 7.03. The Kier molecular flexibility index (Phi) is 7.85. The van der Waals surface area contributed by atoms with E-state index in [1.54, 1.807) is 5.57 Å². The fourth-order valence-electron chi connectivity index (χ4n) is 7.03. The Morgan fingerprint density at radius 1 is 1.19 bits per heavy atom. The summed E-state index contributed by atoms with van der Waals surface area (Å²) in [6, 6.07) is 0. The van der Waals surface area contributed by atoms with Gasteiger partial charge in [-0.1, -0.05) is 52.0 Å². The molecule has 0 amide bonds. The summed E-state index contributed by atoms with van der Waals surface area (Å²) in [5.74, 6) is 2.49. The van der Waals surface area contributed by atoms with E-state index >= 15 is 0 Å². The molecule has 3 saturated carbocycles. The van der Waals surface area contributed by atoms with Gasteiger partial charge in [-0.3, -0.25) is 0 Å². The van der Waals surface area contributed by atoms with Crippen molar-refractivity contribution in [2.75, 3.05) is 0 Å². The van der Waals surface area contributed by atoms with Gasteiger partial charge in [0.1, 0.15) is 0 Å². The SMILES string of the molecule is C=C1/C(=C\C=C2/CCC[C@@]3(C)C2CCC3[C@@H](C)[C@H](C)CCC(C)(C)O)C[C@@H](O)[C@@H](C)[C@@H]1O. The van der Waals surface area contributed by atoms with E-state index in [2.05, 4.69) is 39.5 Å². The lowest BCUT2D eigenvalue weighted by Crippen LogP contribution is -2.38. The fraction of sp³-hybridized carbons (Fsp3) is 0.793. The van der Waals surface area contributed by atoms with Crippen LogP contribution in [0.1, 0.15) is 92.9 Å². The number of fused-ring (bicyclic) bond motifs is 1. The second-order valence-corrected chi connectivity index (χ2v) is 12.3. The Morgan fingerprint density at radius 3 is 2.53 bits per heavy atom. The van der Waals surface area contributed by atoms with Gasteiger partial charge in [-0.05, 0) is 105 Å². The van der Waals surface area contributed by atoms with Crippen molar-refractivity contribution >= 4 is 0 Å². The third-order valence-electron chi connectivity index (χ3n) is 9.58. The van der Waals surface area contributed by atoms with Crippen LogP contribution >= 0.6 is 0 Å². The average Bonchev–Trinajstić information content (AvgIpc) is 3.08. The number of aliphatic hydroxyl groups is 3. The molecule has 3 nitrogen and oxygen atoms in total. The van der Waals surface area contributed by atoms with E-state index in [0.717, 1.165) is 36.3 Å². The van der Waals surface area contributed by atoms with Gasteiger partial charge in [0.15, 0.2) is 0 Å². The van der Waals surface area contributed by atoms with Crippen LogP contribution in [0.3, 0.4) is 0 Å². The molecular weight excluding hydrogens is 396 g/mol. The van der Waals surface area contributed by atoms with E-state index in [-0.39, 0.29) is 5.92 Å². The van der Waals surface area contributed by atoms with Gasteiger partial charge in [0.2, 0.25) is 0 Å². The molecule has 32 heavy (non-hydrogen) atoms. The summed E-state index contributed by atoms with van der Waals surface area (Å²) >= 11 is 0. The molecule has 8 atom stereocenters. The summed E-state index contributed by atoms with van der Waals surface area (Å²) in [5, 5.41) is 30.9. The van der Waals surface area contributed by atoms with Gasteiger partial charge in [0.25, 0.3) is 0 Å². The molecule has 2 unspecified atom stereocenters. The molecule has 0 aromatic rings. The first-order valence-electron chi connectivity index (χ1n) is 13.0. The molecule has 3 aliphatic carbocycles. The van der Waals surface area contributed by atoms with Crippen molar-refractivity contribution < 1.29 is 15.3 Å². The highest BCUT2D eigenvalue weighted by molar-refractivity contribution is 5.39. The zero-order chi connectivity index (χ0) is 23.8. The summed E-state index contributed by atoms with van der Waals surface area (Å²) < 4.78 is 0. The average molecular weight is 445 g/mol. The zero-order valence-electron chi connectivity index (χ0n) is 21.4. The van der Waals surface area contributed by atoms with Gasteiger partial charge in [0, 0.05) is 5.92 Å². The van der Waals surface area contributed by atoms with E-state index in [1.807, 2.05) is 20.8 Å². The van der Waals surface area contributed by atoms with Crippen LogP contribution in [-0.4, -0.2) is 33.1 Å². The minimum absolute atomic E-state index is 0.152. The largest absolute Gasteiger partial charge is 0.392 e. The maximum atomic E-state index is 10.4. The first-order valence-corrected chi connectivity index (χ1v) is 13.0. The van der Waals surface area contributed by atoms with Crippen LogP contribution in [0, 0.1) is 35.0 Å². The lowest BCUT2D eigenvalue weighted by atomic mass is 9.59. The lowest BCUT2D eigenvalue weighted by molar-refractivity contribution is 0.0283. The predicted octanol–water partition coefficient (Wildman–Crippen LogP) is 6.20. The normalized spacial score (nSPS) is 40.5. The third kappa shape index (κ3) is 5.26. The van der Waals surface area contributed by atoms with Crippen LogP contribution in [0.4, 0.5) is 0 Å². The number of allylic oxidation sites excluding steroid dienone is 3. The van der Waals surface area contributed by atoms with Gasteiger partial charge in [-0.25, -0.2) is 0 Å². The Morgan fingerprint density at radius 2 is 1.88 bits per heavy atom. The van der Waals surface area contributed by atoms with Crippen molar-refractivity contribution in [3.05, 3.63) is 35.5 Å². The molecule has 3 N–H and O–H groups in total. The second kappa shape index (κ2) is 9.76. The van der Waals surface area contributed by atoms with Crippen molar-refractivity contribution in [3.8, 4) is 0 Å². The number of aliphatic hydroxyl groups excluding tert-OH is 2. The number of hydrogen-bond donors (Lipinski definition) is 3. The maximum absolute atomic E-state index is 10.4. The number of rotatable bonds is 6. The zero-order valence-corrected chi connectivity index (χ0v) is 21.4.